The molecule has 2 amide bonds. The van der Waals surface area contributed by atoms with Crippen molar-refractivity contribution < 1.29 is 14.7 Å². The summed E-state index contributed by atoms with van der Waals surface area (Å²) in [5.74, 6) is 0.226. The Morgan fingerprint density at radius 1 is 0.971 bits per heavy atom. The molecule has 0 radical (unpaired) electrons. The Kier molecular flexibility index (Phi) is 7.97. The van der Waals surface area contributed by atoms with Gasteiger partial charge in [0.1, 0.15) is 5.82 Å². The summed E-state index contributed by atoms with van der Waals surface area (Å²) in [6, 6.07) is 15.8. The first-order valence-corrected chi connectivity index (χ1v) is 11.8. The molecule has 3 N–H and O–H groups in total. The van der Waals surface area contributed by atoms with Gasteiger partial charge in [0.2, 0.25) is 0 Å². The molecule has 1 saturated heterocycles. The molecule has 8 nitrogen and oxygen atoms in total. The molecule has 4 rings (SSSR count). The second-order valence-electron chi connectivity index (χ2n) is 8.43. The molecule has 9 heteroatoms. The fourth-order valence-corrected chi connectivity index (χ4v) is 4.10. The number of hydrogen-bond donors (Lipinski definition) is 3. The Labute approximate surface area is 209 Å². The minimum atomic E-state index is -0.310. The molecule has 0 spiro atoms. The number of aryl methyl sites for hydroxylation is 1. The van der Waals surface area contributed by atoms with Crippen LogP contribution in [0.5, 0.6) is 0 Å². The van der Waals surface area contributed by atoms with Crippen molar-refractivity contribution in [2.75, 3.05) is 54.9 Å². The van der Waals surface area contributed by atoms with E-state index in [2.05, 4.69) is 25.4 Å². The van der Waals surface area contributed by atoms with Gasteiger partial charge in [-0.25, -0.2) is 4.98 Å². The van der Waals surface area contributed by atoms with Crippen molar-refractivity contribution in [3.05, 3.63) is 82.5 Å². The van der Waals surface area contributed by atoms with Crippen LogP contribution in [-0.2, 0) is 0 Å². The largest absolute Gasteiger partial charge is 0.395 e. The zero-order valence-corrected chi connectivity index (χ0v) is 20.3. The molecule has 1 aromatic heterocycles. The van der Waals surface area contributed by atoms with E-state index >= 15 is 0 Å². The predicted octanol–water partition coefficient (Wildman–Crippen LogP) is 3.66. The summed E-state index contributed by atoms with van der Waals surface area (Å²) in [6.45, 7) is 6.13. The lowest BCUT2D eigenvalue weighted by Crippen LogP contribution is -2.47. The minimum Gasteiger partial charge on any atom is -0.395 e. The molecule has 1 aliphatic heterocycles. The van der Waals surface area contributed by atoms with E-state index in [0.717, 1.165) is 37.6 Å². The van der Waals surface area contributed by atoms with Crippen molar-refractivity contribution in [3.8, 4) is 0 Å². The van der Waals surface area contributed by atoms with Gasteiger partial charge >= 0.3 is 0 Å². The number of β-amino-alcohol motifs (C(OH)–C–C–N with tert-alkyl or cyclic N) is 1. The number of amides is 2. The lowest BCUT2D eigenvalue weighted by atomic mass is 10.1. The number of anilines is 3. The first-order chi connectivity index (χ1) is 16.9. The zero-order valence-electron chi connectivity index (χ0n) is 19.5. The summed E-state index contributed by atoms with van der Waals surface area (Å²) in [7, 11) is 0. The fourth-order valence-electron chi connectivity index (χ4n) is 3.93. The van der Waals surface area contributed by atoms with Gasteiger partial charge in [-0.2, -0.15) is 0 Å². The Hall–Kier alpha value is -3.46. The first kappa shape index (κ1) is 24.7. The second kappa shape index (κ2) is 11.3. The highest BCUT2D eigenvalue weighted by molar-refractivity contribution is 6.34. The van der Waals surface area contributed by atoms with E-state index in [1.54, 1.807) is 42.6 Å². The lowest BCUT2D eigenvalue weighted by Gasteiger charge is -2.35. The van der Waals surface area contributed by atoms with Gasteiger partial charge in [-0.05, 0) is 49.4 Å². The van der Waals surface area contributed by atoms with Crippen LogP contribution in [0.4, 0.5) is 17.2 Å². The Morgan fingerprint density at radius 2 is 1.74 bits per heavy atom. The fraction of sp³-hybridized carbons (Fsp3) is 0.269. The third-order valence-electron chi connectivity index (χ3n) is 5.88. The van der Waals surface area contributed by atoms with Crippen LogP contribution in [0, 0.1) is 6.92 Å². The highest BCUT2D eigenvalue weighted by atomic mass is 35.5. The maximum absolute atomic E-state index is 12.8. The summed E-state index contributed by atoms with van der Waals surface area (Å²) in [6.07, 6.45) is 1.56. The molecule has 3 aromatic rings. The number of nitrogens with one attached hydrogen (secondary N) is 2. The average Bonchev–Trinajstić information content (AvgIpc) is 2.87. The molecule has 1 aliphatic rings. The summed E-state index contributed by atoms with van der Waals surface area (Å²) >= 11 is 6.27. The third kappa shape index (κ3) is 6.36. The summed E-state index contributed by atoms with van der Waals surface area (Å²) in [5.41, 5.74) is 2.84. The number of hydrogen-bond acceptors (Lipinski definition) is 6. The van der Waals surface area contributed by atoms with Crippen LogP contribution in [0.25, 0.3) is 0 Å². The van der Waals surface area contributed by atoms with E-state index in [9.17, 15) is 9.59 Å². The van der Waals surface area contributed by atoms with E-state index < -0.39 is 0 Å². The maximum atomic E-state index is 12.8. The molecular formula is C26H28ClN5O3. The van der Waals surface area contributed by atoms with Crippen molar-refractivity contribution in [1.82, 2.24) is 9.88 Å². The van der Waals surface area contributed by atoms with Crippen LogP contribution < -0.4 is 15.5 Å². The number of benzene rings is 2. The number of pyridine rings is 1. The van der Waals surface area contributed by atoms with Crippen molar-refractivity contribution >= 4 is 40.6 Å². The van der Waals surface area contributed by atoms with Gasteiger partial charge in [-0.15, -0.1) is 0 Å². The van der Waals surface area contributed by atoms with Gasteiger partial charge < -0.3 is 20.6 Å². The SMILES string of the molecule is Cc1cccc(C(=O)Nc2cc(NC(=O)c3ccc(N4CCN(CCO)CC4)nc3)ccc2Cl)c1. The molecule has 2 heterocycles. The van der Waals surface area contributed by atoms with Crippen LogP contribution in [-0.4, -0.2) is 66.1 Å². The monoisotopic (exact) mass is 493 g/mol. The smallest absolute Gasteiger partial charge is 0.257 e. The molecule has 2 aromatic carbocycles. The third-order valence-corrected chi connectivity index (χ3v) is 6.20. The summed E-state index contributed by atoms with van der Waals surface area (Å²) < 4.78 is 0. The van der Waals surface area contributed by atoms with Gasteiger partial charge in [0.25, 0.3) is 11.8 Å². The normalized spacial score (nSPS) is 14.0. The quantitative estimate of drug-likeness (QED) is 0.464. The number of carbonyl (C=O) groups excluding carboxylic acids is 2. The number of piperazine rings is 1. The molecule has 0 unspecified atom stereocenters. The van der Waals surface area contributed by atoms with Crippen molar-refractivity contribution in [3.63, 3.8) is 0 Å². The summed E-state index contributed by atoms with van der Waals surface area (Å²) in [5, 5.41) is 15.1. The van der Waals surface area contributed by atoms with Crippen LogP contribution in [0.15, 0.2) is 60.8 Å². The van der Waals surface area contributed by atoms with Crippen LogP contribution in [0.3, 0.4) is 0 Å². The van der Waals surface area contributed by atoms with E-state index in [1.807, 2.05) is 25.1 Å². The van der Waals surface area contributed by atoms with Crippen molar-refractivity contribution in [2.45, 2.75) is 6.92 Å². The number of aromatic nitrogens is 1. The maximum Gasteiger partial charge on any atom is 0.257 e. The molecule has 0 aliphatic carbocycles. The number of halogens is 1. The Bertz CT molecular complexity index is 1190. The second-order valence-corrected chi connectivity index (χ2v) is 8.84. The van der Waals surface area contributed by atoms with E-state index in [0.29, 0.717) is 34.1 Å². The van der Waals surface area contributed by atoms with Crippen molar-refractivity contribution in [1.29, 1.82) is 0 Å². The van der Waals surface area contributed by atoms with Gasteiger partial charge in [-0.1, -0.05) is 29.3 Å². The van der Waals surface area contributed by atoms with Gasteiger partial charge in [-0.3, -0.25) is 14.5 Å². The molecule has 0 atom stereocenters. The topological polar surface area (TPSA) is 97.8 Å². The highest BCUT2D eigenvalue weighted by Gasteiger charge is 2.18. The van der Waals surface area contributed by atoms with E-state index in [1.165, 1.54) is 0 Å². The number of aliphatic hydroxyl groups is 1. The first-order valence-electron chi connectivity index (χ1n) is 11.5. The minimum absolute atomic E-state index is 0.163. The molecule has 0 saturated carbocycles. The lowest BCUT2D eigenvalue weighted by molar-refractivity contribution is 0.101. The summed E-state index contributed by atoms with van der Waals surface area (Å²) in [4.78, 5) is 34.2. The van der Waals surface area contributed by atoms with Crippen LogP contribution >= 0.6 is 11.6 Å². The Morgan fingerprint density at radius 3 is 2.43 bits per heavy atom. The highest BCUT2D eigenvalue weighted by Crippen LogP contribution is 2.26. The van der Waals surface area contributed by atoms with Crippen LogP contribution in [0.2, 0.25) is 5.02 Å². The number of nitrogens with zero attached hydrogens (tertiary/aromatic N) is 3. The van der Waals surface area contributed by atoms with Gasteiger partial charge in [0.05, 0.1) is 22.9 Å². The van der Waals surface area contributed by atoms with Crippen LogP contribution in [0.1, 0.15) is 26.3 Å². The van der Waals surface area contributed by atoms with Gasteiger partial charge in [0, 0.05) is 50.2 Å². The van der Waals surface area contributed by atoms with E-state index in [4.69, 9.17) is 16.7 Å². The van der Waals surface area contributed by atoms with Crippen molar-refractivity contribution in [2.24, 2.45) is 0 Å². The van der Waals surface area contributed by atoms with E-state index in [-0.39, 0.29) is 18.4 Å². The molecule has 35 heavy (non-hydrogen) atoms. The van der Waals surface area contributed by atoms with Gasteiger partial charge in [0.15, 0.2) is 0 Å². The molecular weight excluding hydrogens is 466 g/mol. The number of aliphatic hydroxyl groups excluding tert-OH is 1. The Balaban J connectivity index is 1.38. The molecule has 1 fully saturated rings. The predicted molar refractivity (Wildman–Crippen MR) is 139 cm³/mol. The molecule has 182 valence electrons. The number of rotatable bonds is 7. The zero-order chi connectivity index (χ0) is 24.8. The number of carbonyl (C=O) groups is 2. The molecule has 0 bridgehead atoms. The standard InChI is InChI=1S/C26H28ClN5O3/c1-18-3-2-4-19(15-18)25(34)30-23-16-21(6-7-22(23)27)29-26(35)20-5-8-24(28-17-20)32-11-9-31(10-12-32)13-14-33/h2-8,15-17,33H,9-14H2,1H3,(H,29,35)(H,30,34). The average molecular weight is 494 g/mol.